The van der Waals surface area contributed by atoms with Crippen molar-refractivity contribution in [3.05, 3.63) is 47.1 Å². The topological polar surface area (TPSA) is 126 Å². The Morgan fingerprint density at radius 2 is 1.82 bits per heavy atom. The lowest BCUT2D eigenvalue weighted by Crippen LogP contribution is -2.35. The summed E-state index contributed by atoms with van der Waals surface area (Å²) >= 11 is 0. The van der Waals surface area contributed by atoms with Crippen LogP contribution in [0.1, 0.15) is 49.0 Å². The van der Waals surface area contributed by atoms with Gasteiger partial charge in [0.25, 0.3) is 0 Å². The van der Waals surface area contributed by atoms with E-state index in [0.29, 0.717) is 43.2 Å². The molecule has 0 radical (unpaired) electrons. The van der Waals surface area contributed by atoms with E-state index in [1.807, 2.05) is 13.8 Å². The molecule has 9 nitrogen and oxygen atoms in total. The molecular formula is C18H27N5O4S. The van der Waals surface area contributed by atoms with Gasteiger partial charge < -0.3 is 15.2 Å². The second kappa shape index (κ2) is 10.2. The van der Waals surface area contributed by atoms with Crippen molar-refractivity contribution in [1.29, 1.82) is 0 Å². The highest BCUT2D eigenvalue weighted by Gasteiger charge is 2.10. The molecule has 2 rings (SSSR count). The number of rotatable bonds is 10. The molecule has 0 aliphatic rings. The molecular weight excluding hydrogens is 382 g/mol. The predicted molar refractivity (Wildman–Crippen MR) is 105 cm³/mol. The Kier molecular flexibility index (Phi) is 7.94. The van der Waals surface area contributed by atoms with Crippen LogP contribution in [0.3, 0.4) is 0 Å². The van der Waals surface area contributed by atoms with Crippen LogP contribution < -0.4 is 15.4 Å². The van der Waals surface area contributed by atoms with Crippen LogP contribution in [0.4, 0.5) is 4.79 Å². The van der Waals surface area contributed by atoms with Gasteiger partial charge in [0, 0.05) is 25.4 Å². The zero-order chi connectivity index (χ0) is 20.6. The summed E-state index contributed by atoms with van der Waals surface area (Å²) in [6.45, 7) is 4.84. The van der Waals surface area contributed by atoms with Gasteiger partial charge in [-0.2, -0.15) is 4.98 Å². The Balaban J connectivity index is 1.66. The van der Waals surface area contributed by atoms with Crippen LogP contribution in [0.15, 0.2) is 28.8 Å². The van der Waals surface area contributed by atoms with E-state index in [2.05, 4.69) is 25.5 Å². The third-order valence-corrected chi connectivity index (χ3v) is 5.33. The minimum Gasteiger partial charge on any atom is -0.339 e. The number of aryl methyl sites for hydroxylation is 1. The second-order valence-corrected chi connectivity index (χ2v) is 8.62. The van der Waals surface area contributed by atoms with Crippen LogP contribution in [0.2, 0.25) is 0 Å². The number of aromatic nitrogens is 2. The first-order chi connectivity index (χ1) is 13.3. The van der Waals surface area contributed by atoms with Crippen molar-refractivity contribution in [3.63, 3.8) is 0 Å². The van der Waals surface area contributed by atoms with E-state index in [-0.39, 0.29) is 17.7 Å². The zero-order valence-corrected chi connectivity index (χ0v) is 17.2. The number of benzene rings is 1. The quantitative estimate of drug-likeness (QED) is 0.513. The van der Waals surface area contributed by atoms with E-state index < -0.39 is 10.0 Å². The third kappa shape index (κ3) is 7.28. The first kappa shape index (κ1) is 21.8. The van der Waals surface area contributed by atoms with Gasteiger partial charge in [-0.1, -0.05) is 43.3 Å². The minimum atomic E-state index is -3.29. The average Bonchev–Trinajstić information content (AvgIpc) is 3.14. The molecule has 0 atom stereocenters. The van der Waals surface area contributed by atoms with E-state index >= 15 is 0 Å². The Labute approximate surface area is 165 Å². The summed E-state index contributed by atoms with van der Waals surface area (Å²) in [6, 6.07) is 6.79. The van der Waals surface area contributed by atoms with Crippen LogP contribution in [-0.4, -0.2) is 38.2 Å². The van der Waals surface area contributed by atoms with Crippen LogP contribution >= 0.6 is 0 Å². The Bertz CT molecular complexity index is 862. The van der Waals surface area contributed by atoms with Crippen molar-refractivity contribution >= 4 is 16.1 Å². The molecule has 2 aromatic rings. The minimum absolute atomic E-state index is 0.0730. The van der Waals surface area contributed by atoms with Gasteiger partial charge in [-0.15, -0.1) is 0 Å². The zero-order valence-electron chi connectivity index (χ0n) is 16.4. The molecule has 10 heteroatoms. The monoisotopic (exact) mass is 409 g/mol. The molecule has 0 aliphatic heterocycles. The summed E-state index contributed by atoms with van der Waals surface area (Å²) in [6.07, 6.45) is 1.30. The maximum atomic E-state index is 11.9. The molecule has 1 aromatic heterocycles. The van der Waals surface area contributed by atoms with E-state index in [9.17, 15) is 13.2 Å². The lowest BCUT2D eigenvalue weighted by molar-refractivity contribution is 0.240. The van der Waals surface area contributed by atoms with Crippen molar-refractivity contribution in [2.75, 3.05) is 13.6 Å². The summed E-state index contributed by atoms with van der Waals surface area (Å²) in [7, 11) is -1.91. The van der Waals surface area contributed by atoms with Gasteiger partial charge in [0.15, 0.2) is 5.82 Å². The molecule has 3 N–H and O–H groups in total. The highest BCUT2D eigenvalue weighted by Crippen LogP contribution is 2.10. The molecule has 0 spiro atoms. The molecule has 0 saturated carbocycles. The number of nitrogens with one attached hydrogen (secondary N) is 3. The molecule has 0 fully saturated rings. The number of hydrogen-bond donors (Lipinski definition) is 3. The lowest BCUT2D eigenvalue weighted by Gasteiger charge is -2.08. The molecule has 0 aliphatic carbocycles. The molecule has 0 unspecified atom stereocenters. The fourth-order valence-electron chi connectivity index (χ4n) is 2.34. The highest BCUT2D eigenvalue weighted by atomic mass is 32.2. The van der Waals surface area contributed by atoms with Gasteiger partial charge in [0.05, 0.1) is 5.75 Å². The summed E-state index contributed by atoms with van der Waals surface area (Å²) in [5.41, 5.74) is 1.57. The number of amides is 2. The SMILES string of the molecule is CNS(=O)(=O)Cc1ccc(CNC(=O)NCCCc2nc(C(C)C)no2)cc1. The van der Waals surface area contributed by atoms with E-state index in [1.54, 1.807) is 24.3 Å². The smallest absolute Gasteiger partial charge is 0.315 e. The summed E-state index contributed by atoms with van der Waals surface area (Å²) < 4.78 is 30.5. The molecule has 0 bridgehead atoms. The van der Waals surface area contributed by atoms with Gasteiger partial charge in [-0.05, 0) is 24.6 Å². The first-order valence-electron chi connectivity index (χ1n) is 9.12. The number of sulfonamides is 1. The van der Waals surface area contributed by atoms with Gasteiger partial charge in [-0.3, -0.25) is 0 Å². The standard InChI is InChI=1S/C18H27N5O4S/c1-13(2)17-22-16(27-23-17)5-4-10-20-18(24)21-11-14-6-8-15(9-7-14)12-28(25,26)19-3/h6-9,13,19H,4-5,10-12H2,1-3H3,(H2,20,21,24). The fraction of sp³-hybridized carbons (Fsp3) is 0.500. The van der Waals surface area contributed by atoms with E-state index in [1.165, 1.54) is 7.05 Å². The summed E-state index contributed by atoms with van der Waals surface area (Å²) in [4.78, 5) is 16.1. The number of nitrogens with zero attached hydrogens (tertiary/aromatic N) is 2. The molecule has 1 aromatic carbocycles. The fourth-order valence-corrected chi connectivity index (χ4v) is 3.11. The summed E-state index contributed by atoms with van der Waals surface area (Å²) in [5, 5.41) is 9.44. The normalized spacial score (nSPS) is 11.6. The third-order valence-electron chi connectivity index (χ3n) is 4.00. The van der Waals surface area contributed by atoms with Crippen LogP contribution in [0, 0.1) is 0 Å². The van der Waals surface area contributed by atoms with Gasteiger partial charge >= 0.3 is 6.03 Å². The van der Waals surface area contributed by atoms with Crippen LogP contribution in [-0.2, 0) is 28.7 Å². The van der Waals surface area contributed by atoms with Crippen molar-refractivity contribution in [2.45, 2.75) is 44.9 Å². The maximum absolute atomic E-state index is 11.9. The largest absolute Gasteiger partial charge is 0.339 e. The van der Waals surface area contributed by atoms with Crippen LogP contribution in [0.5, 0.6) is 0 Å². The molecule has 0 saturated heterocycles. The van der Waals surface area contributed by atoms with E-state index in [4.69, 9.17) is 4.52 Å². The van der Waals surface area contributed by atoms with Crippen molar-refractivity contribution < 1.29 is 17.7 Å². The lowest BCUT2D eigenvalue weighted by atomic mass is 10.1. The molecule has 1 heterocycles. The summed E-state index contributed by atoms with van der Waals surface area (Å²) in [5.74, 6) is 1.42. The number of carbonyl (C=O) groups is 1. The molecule has 2 amide bonds. The van der Waals surface area contributed by atoms with Crippen molar-refractivity contribution in [2.24, 2.45) is 0 Å². The Morgan fingerprint density at radius 1 is 1.14 bits per heavy atom. The maximum Gasteiger partial charge on any atom is 0.315 e. The molecule has 154 valence electrons. The number of carbonyl (C=O) groups excluding carboxylic acids is 1. The predicted octanol–water partition coefficient (Wildman–Crippen LogP) is 1.67. The molecule has 28 heavy (non-hydrogen) atoms. The van der Waals surface area contributed by atoms with Crippen molar-refractivity contribution in [1.82, 2.24) is 25.5 Å². The van der Waals surface area contributed by atoms with Gasteiger partial charge in [0.1, 0.15) is 0 Å². The second-order valence-electron chi connectivity index (χ2n) is 6.69. The Hall–Kier alpha value is -2.46. The average molecular weight is 410 g/mol. The first-order valence-corrected chi connectivity index (χ1v) is 10.8. The Morgan fingerprint density at radius 3 is 2.43 bits per heavy atom. The van der Waals surface area contributed by atoms with Gasteiger partial charge in [0.2, 0.25) is 15.9 Å². The van der Waals surface area contributed by atoms with Crippen molar-refractivity contribution in [3.8, 4) is 0 Å². The highest BCUT2D eigenvalue weighted by molar-refractivity contribution is 7.88. The van der Waals surface area contributed by atoms with Crippen LogP contribution in [0.25, 0.3) is 0 Å². The number of urea groups is 1. The number of hydrogen-bond acceptors (Lipinski definition) is 6. The van der Waals surface area contributed by atoms with E-state index in [0.717, 1.165) is 5.56 Å². The van der Waals surface area contributed by atoms with Gasteiger partial charge in [-0.25, -0.2) is 17.9 Å².